The van der Waals surface area contributed by atoms with Crippen LogP contribution in [0.25, 0.3) is 0 Å². The quantitative estimate of drug-likeness (QED) is 0.765. The van der Waals surface area contributed by atoms with E-state index in [1.54, 1.807) is 6.20 Å². The van der Waals surface area contributed by atoms with Crippen molar-refractivity contribution in [2.45, 2.75) is 32.2 Å². The molecule has 0 saturated heterocycles. The number of hydrogen-bond donors (Lipinski definition) is 0. The molecule has 0 radical (unpaired) electrons. The van der Waals surface area contributed by atoms with Crippen molar-refractivity contribution < 1.29 is 4.79 Å². The molecule has 20 heavy (non-hydrogen) atoms. The minimum Gasteiger partial charge on any atom is -0.342 e. The Labute approximate surface area is 122 Å². The molecule has 0 unspecified atom stereocenters. The second-order valence-corrected chi connectivity index (χ2v) is 5.98. The summed E-state index contributed by atoms with van der Waals surface area (Å²) >= 11 is 1.50. The second-order valence-electron chi connectivity index (χ2n) is 4.97. The number of rotatable bonds is 6. The van der Waals surface area contributed by atoms with Gasteiger partial charge in [0.2, 0.25) is 0 Å². The third kappa shape index (κ3) is 2.72. The van der Waals surface area contributed by atoms with Gasteiger partial charge in [0.05, 0.1) is 22.8 Å². The molecule has 104 valence electrons. The Bertz CT molecular complexity index is 592. The molecule has 1 saturated carbocycles. The molecule has 1 aliphatic carbocycles. The number of hydrogen-bond acceptors (Lipinski definition) is 5. The highest BCUT2D eigenvalue weighted by atomic mass is 32.1. The maximum atomic E-state index is 11.2. The van der Waals surface area contributed by atoms with Gasteiger partial charge in [-0.15, -0.1) is 0 Å². The van der Waals surface area contributed by atoms with Crippen LogP contribution in [0.2, 0.25) is 0 Å². The Morgan fingerprint density at radius 1 is 1.45 bits per heavy atom. The monoisotopic (exact) mass is 287 g/mol. The number of carbonyl (C=O) groups excluding carboxylic acids is 1. The van der Waals surface area contributed by atoms with Crippen molar-refractivity contribution in [3.8, 4) is 0 Å². The van der Waals surface area contributed by atoms with E-state index in [9.17, 15) is 4.79 Å². The second kappa shape index (κ2) is 5.71. The van der Waals surface area contributed by atoms with Crippen molar-refractivity contribution >= 4 is 22.8 Å². The molecule has 5 heteroatoms. The normalized spacial score (nSPS) is 14.2. The van der Waals surface area contributed by atoms with Crippen molar-refractivity contribution in [2.24, 2.45) is 0 Å². The van der Waals surface area contributed by atoms with E-state index in [0.717, 1.165) is 53.6 Å². The molecule has 0 N–H and O–H groups in total. The third-order valence-electron chi connectivity index (χ3n) is 3.47. The Morgan fingerprint density at radius 3 is 2.90 bits per heavy atom. The lowest BCUT2D eigenvalue weighted by atomic mass is 10.3. The van der Waals surface area contributed by atoms with Crippen LogP contribution in [0.4, 0.5) is 5.13 Å². The summed E-state index contributed by atoms with van der Waals surface area (Å²) in [5.41, 5.74) is 2.02. The zero-order valence-corrected chi connectivity index (χ0v) is 12.3. The number of carbonyl (C=O) groups is 1. The lowest BCUT2D eigenvalue weighted by Gasteiger charge is -2.19. The molecule has 0 bridgehead atoms. The van der Waals surface area contributed by atoms with Gasteiger partial charge in [0.1, 0.15) is 0 Å². The third-order valence-corrected chi connectivity index (χ3v) is 4.53. The lowest BCUT2D eigenvalue weighted by Crippen LogP contribution is -2.22. The molecular formula is C15H17N3OS. The van der Waals surface area contributed by atoms with Crippen LogP contribution in [0.5, 0.6) is 0 Å². The number of nitrogens with zero attached hydrogens (tertiary/aromatic N) is 3. The van der Waals surface area contributed by atoms with Gasteiger partial charge < -0.3 is 4.90 Å². The van der Waals surface area contributed by atoms with Gasteiger partial charge >= 0.3 is 0 Å². The average Bonchev–Trinajstić information content (AvgIpc) is 3.25. The standard InChI is InChI=1S/C15H17N3OS/c1-2-18(9-12-5-3-4-8-16-12)15-17-14(11-6-7-11)13(10-19)20-15/h3-5,8,10-11H,2,6-7,9H2,1H3. The van der Waals surface area contributed by atoms with Crippen LogP contribution in [0, 0.1) is 0 Å². The zero-order valence-electron chi connectivity index (χ0n) is 11.5. The summed E-state index contributed by atoms with van der Waals surface area (Å²) < 4.78 is 0. The molecule has 2 aromatic rings. The molecule has 4 nitrogen and oxygen atoms in total. The SMILES string of the molecule is CCN(Cc1ccccn1)c1nc(C2CC2)c(C=O)s1. The maximum Gasteiger partial charge on any atom is 0.186 e. The van der Waals surface area contributed by atoms with E-state index in [4.69, 9.17) is 4.98 Å². The fourth-order valence-corrected chi connectivity index (χ4v) is 3.23. The van der Waals surface area contributed by atoms with Crippen molar-refractivity contribution in [2.75, 3.05) is 11.4 Å². The smallest absolute Gasteiger partial charge is 0.186 e. The average molecular weight is 287 g/mol. The van der Waals surface area contributed by atoms with E-state index in [-0.39, 0.29) is 0 Å². The van der Waals surface area contributed by atoms with Crippen molar-refractivity contribution in [1.29, 1.82) is 0 Å². The number of aldehydes is 1. The van der Waals surface area contributed by atoms with E-state index < -0.39 is 0 Å². The molecule has 0 spiro atoms. The summed E-state index contributed by atoms with van der Waals surface area (Å²) in [6.07, 6.45) is 5.08. The molecular weight excluding hydrogens is 270 g/mol. The molecule has 0 aromatic carbocycles. The van der Waals surface area contributed by atoms with Crippen LogP contribution < -0.4 is 4.90 Å². The van der Waals surface area contributed by atoms with Gasteiger partial charge in [-0.1, -0.05) is 17.4 Å². The summed E-state index contributed by atoms with van der Waals surface area (Å²) in [4.78, 5) is 23.2. The topological polar surface area (TPSA) is 46.1 Å². The van der Waals surface area contributed by atoms with E-state index in [0.29, 0.717) is 5.92 Å². The molecule has 2 aromatic heterocycles. The number of anilines is 1. The Hall–Kier alpha value is -1.75. The lowest BCUT2D eigenvalue weighted by molar-refractivity contribution is 0.112. The molecule has 2 heterocycles. The van der Waals surface area contributed by atoms with Gasteiger partial charge in [0.25, 0.3) is 0 Å². The van der Waals surface area contributed by atoms with Gasteiger partial charge in [-0.3, -0.25) is 9.78 Å². The summed E-state index contributed by atoms with van der Waals surface area (Å²) in [5, 5.41) is 0.933. The van der Waals surface area contributed by atoms with Crippen molar-refractivity contribution in [3.63, 3.8) is 0 Å². The highest BCUT2D eigenvalue weighted by molar-refractivity contribution is 7.17. The van der Waals surface area contributed by atoms with Gasteiger partial charge in [-0.2, -0.15) is 0 Å². The van der Waals surface area contributed by atoms with Crippen molar-refractivity contribution in [1.82, 2.24) is 9.97 Å². The molecule has 3 rings (SSSR count). The predicted octanol–water partition coefficient (Wildman–Crippen LogP) is 3.25. The fourth-order valence-electron chi connectivity index (χ4n) is 2.20. The number of pyridine rings is 1. The number of thiazole rings is 1. The van der Waals surface area contributed by atoms with Crippen LogP contribution in [0.15, 0.2) is 24.4 Å². The van der Waals surface area contributed by atoms with Crippen LogP contribution in [0.1, 0.15) is 46.7 Å². The van der Waals surface area contributed by atoms with Gasteiger partial charge in [-0.05, 0) is 31.9 Å². The van der Waals surface area contributed by atoms with Crippen LogP contribution >= 0.6 is 11.3 Å². The first-order valence-electron chi connectivity index (χ1n) is 6.92. The first-order valence-corrected chi connectivity index (χ1v) is 7.74. The van der Waals surface area contributed by atoms with Crippen LogP contribution in [0.3, 0.4) is 0 Å². The molecule has 0 amide bonds. The van der Waals surface area contributed by atoms with Gasteiger partial charge in [0.15, 0.2) is 11.4 Å². The molecule has 0 atom stereocenters. The highest BCUT2D eigenvalue weighted by Gasteiger charge is 2.30. The van der Waals surface area contributed by atoms with Crippen LogP contribution in [-0.4, -0.2) is 22.8 Å². The van der Waals surface area contributed by atoms with E-state index in [2.05, 4.69) is 16.8 Å². The Morgan fingerprint density at radius 2 is 2.30 bits per heavy atom. The predicted molar refractivity (Wildman–Crippen MR) is 80.4 cm³/mol. The van der Waals surface area contributed by atoms with Gasteiger partial charge in [-0.25, -0.2) is 4.98 Å². The van der Waals surface area contributed by atoms with Gasteiger partial charge in [0, 0.05) is 18.7 Å². The number of aromatic nitrogens is 2. The molecule has 0 aliphatic heterocycles. The van der Waals surface area contributed by atoms with E-state index in [1.807, 2.05) is 18.2 Å². The van der Waals surface area contributed by atoms with Crippen LogP contribution in [-0.2, 0) is 6.54 Å². The van der Waals surface area contributed by atoms with E-state index in [1.165, 1.54) is 11.3 Å². The Kier molecular flexibility index (Phi) is 3.78. The largest absolute Gasteiger partial charge is 0.342 e. The minimum atomic E-state index is 0.508. The zero-order chi connectivity index (χ0) is 13.9. The maximum absolute atomic E-state index is 11.2. The first-order chi connectivity index (χ1) is 9.81. The molecule has 1 aliphatic rings. The van der Waals surface area contributed by atoms with E-state index >= 15 is 0 Å². The molecule has 1 fully saturated rings. The fraction of sp³-hybridized carbons (Fsp3) is 0.400. The summed E-state index contributed by atoms with van der Waals surface area (Å²) in [5.74, 6) is 0.508. The highest BCUT2D eigenvalue weighted by Crippen LogP contribution is 2.43. The van der Waals surface area contributed by atoms with Crippen molar-refractivity contribution in [3.05, 3.63) is 40.7 Å². The first kappa shape index (κ1) is 13.2. The minimum absolute atomic E-state index is 0.508. The summed E-state index contributed by atoms with van der Waals surface area (Å²) in [6.45, 7) is 3.68. The summed E-state index contributed by atoms with van der Waals surface area (Å²) in [6, 6.07) is 5.92. The Balaban J connectivity index is 1.83. The summed E-state index contributed by atoms with van der Waals surface area (Å²) in [7, 11) is 0.